The Hall–Kier alpha value is -6.27. The van der Waals surface area contributed by atoms with E-state index in [0.29, 0.717) is 17.5 Å². The van der Waals surface area contributed by atoms with Crippen LogP contribution in [0.15, 0.2) is 122 Å². The molecule has 0 spiro atoms. The second-order valence-corrected chi connectivity index (χ2v) is 13.3. The molecule has 6 heteroatoms. The normalized spacial score (nSPS) is 12.1. The van der Waals surface area contributed by atoms with Crippen molar-refractivity contribution in [3.05, 3.63) is 126 Å². The Balaban J connectivity index is 1.19. The predicted molar refractivity (Wildman–Crippen MR) is 206 cm³/mol. The zero-order valence-corrected chi connectivity index (χ0v) is 28.6. The zero-order chi connectivity index (χ0) is 34.2. The first-order valence-electron chi connectivity index (χ1n) is 17.7. The van der Waals surface area contributed by atoms with Gasteiger partial charge in [0.25, 0.3) is 0 Å². The SMILES string of the molecule is CCc1ccc2oc3ccc(-c4nc(-c5ccc6oc7ccc(CC)cc7c6c5)nc(-c5ccc6oc7ccc(CC)cc7c6c5)n4)cc3c2c1. The van der Waals surface area contributed by atoms with E-state index >= 15 is 0 Å². The molecule has 0 saturated carbocycles. The molecule has 4 aromatic heterocycles. The smallest absolute Gasteiger partial charge is 0.164 e. The lowest BCUT2D eigenvalue weighted by atomic mass is 10.0. The van der Waals surface area contributed by atoms with Crippen molar-refractivity contribution in [2.24, 2.45) is 0 Å². The second-order valence-electron chi connectivity index (χ2n) is 13.3. The zero-order valence-electron chi connectivity index (χ0n) is 28.6. The molecule has 10 aromatic rings. The lowest BCUT2D eigenvalue weighted by Crippen LogP contribution is -2.00. The van der Waals surface area contributed by atoms with E-state index in [0.717, 1.165) is 102 Å². The van der Waals surface area contributed by atoms with E-state index in [2.05, 4.69) is 93.6 Å². The summed E-state index contributed by atoms with van der Waals surface area (Å²) >= 11 is 0. The fourth-order valence-corrected chi connectivity index (χ4v) is 7.31. The van der Waals surface area contributed by atoms with Gasteiger partial charge in [-0.1, -0.05) is 39.0 Å². The summed E-state index contributed by atoms with van der Waals surface area (Å²) in [6, 6.07) is 37.8. The van der Waals surface area contributed by atoms with E-state index in [1.807, 2.05) is 36.4 Å². The summed E-state index contributed by atoms with van der Waals surface area (Å²) in [7, 11) is 0. The van der Waals surface area contributed by atoms with Crippen LogP contribution in [0.1, 0.15) is 37.5 Å². The number of hydrogen-bond donors (Lipinski definition) is 0. The van der Waals surface area contributed by atoms with Crippen LogP contribution in [-0.4, -0.2) is 15.0 Å². The number of furan rings is 3. The fraction of sp³-hybridized carbons (Fsp3) is 0.133. The van der Waals surface area contributed by atoms with Gasteiger partial charge in [0.2, 0.25) is 0 Å². The highest BCUT2D eigenvalue weighted by molar-refractivity contribution is 6.08. The molecule has 0 unspecified atom stereocenters. The van der Waals surface area contributed by atoms with Crippen molar-refractivity contribution < 1.29 is 13.3 Å². The Morgan fingerprint density at radius 1 is 0.333 bits per heavy atom. The van der Waals surface area contributed by atoms with E-state index in [-0.39, 0.29) is 0 Å². The molecule has 0 N–H and O–H groups in total. The van der Waals surface area contributed by atoms with Crippen LogP contribution in [0.25, 0.3) is 100.0 Å². The molecule has 0 aliphatic rings. The van der Waals surface area contributed by atoms with E-state index in [9.17, 15) is 0 Å². The van der Waals surface area contributed by atoms with Gasteiger partial charge in [0, 0.05) is 49.0 Å². The van der Waals surface area contributed by atoms with E-state index in [4.69, 9.17) is 28.2 Å². The van der Waals surface area contributed by atoms with Crippen LogP contribution in [0, 0.1) is 0 Å². The first-order chi connectivity index (χ1) is 25.0. The minimum atomic E-state index is 0.591. The highest BCUT2D eigenvalue weighted by Crippen LogP contribution is 2.37. The minimum Gasteiger partial charge on any atom is -0.456 e. The standard InChI is InChI=1S/C45H33N3O3/c1-4-25-7-13-37-31(19-25)34-22-28(10-16-40(34)49-37)43-46-44(29-11-17-41-35(23-29)32-20-26(5-2)8-14-38(32)50-41)48-45(47-43)30-12-18-42-36(24-30)33-21-27(6-3)9-15-39(33)51-42/h7-24H,4-6H2,1-3H3. The van der Waals surface area contributed by atoms with Crippen molar-refractivity contribution in [2.45, 2.75) is 40.0 Å². The molecule has 0 atom stereocenters. The van der Waals surface area contributed by atoms with Crippen LogP contribution in [0.5, 0.6) is 0 Å². The first kappa shape index (κ1) is 29.6. The Morgan fingerprint density at radius 2 is 0.588 bits per heavy atom. The number of nitrogens with zero attached hydrogens (tertiary/aromatic N) is 3. The van der Waals surface area contributed by atoms with Crippen molar-refractivity contribution in [3.8, 4) is 34.2 Å². The number of hydrogen-bond acceptors (Lipinski definition) is 6. The summed E-state index contributed by atoms with van der Waals surface area (Å²) in [4.78, 5) is 15.4. The van der Waals surface area contributed by atoms with Crippen molar-refractivity contribution >= 4 is 65.8 Å². The molecule has 4 heterocycles. The number of benzene rings is 6. The quantitative estimate of drug-likeness (QED) is 0.176. The molecule has 0 aliphatic carbocycles. The van der Waals surface area contributed by atoms with Gasteiger partial charge in [-0.2, -0.15) is 0 Å². The highest BCUT2D eigenvalue weighted by atomic mass is 16.3. The molecular weight excluding hydrogens is 631 g/mol. The van der Waals surface area contributed by atoms with Gasteiger partial charge in [0.15, 0.2) is 17.5 Å². The Labute approximate surface area is 293 Å². The third-order valence-electron chi connectivity index (χ3n) is 10.2. The molecule has 246 valence electrons. The Morgan fingerprint density at radius 3 is 0.863 bits per heavy atom. The lowest BCUT2D eigenvalue weighted by Gasteiger charge is -2.09. The second kappa shape index (κ2) is 11.4. The molecule has 0 bridgehead atoms. The van der Waals surface area contributed by atoms with Gasteiger partial charge in [-0.15, -0.1) is 0 Å². The monoisotopic (exact) mass is 663 g/mol. The number of aromatic nitrogens is 3. The number of aryl methyl sites for hydroxylation is 3. The van der Waals surface area contributed by atoms with E-state index in [1.54, 1.807) is 0 Å². The maximum absolute atomic E-state index is 6.23. The van der Waals surface area contributed by atoms with Crippen molar-refractivity contribution in [1.82, 2.24) is 15.0 Å². The van der Waals surface area contributed by atoms with Gasteiger partial charge in [-0.3, -0.25) is 0 Å². The summed E-state index contributed by atoms with van der Waals surface area (Å²) < 4.78 is 18.7. The number of fused-ring (bicyclic) bond motifs is 9. The van der Waals surface area contributed by atoms with Crippen LogP contribution in [0.2, 0.25) is 0 Å². The molecule has 10 rings (SSSR count). The van der Waals surface area contributed by atoms with Gasteiger partial charge in [-0.05, 0) is 127 Å². The summed E-state index contributed by atoms with van der Waals surface area (Å²) in [5.41, 5.74) is 11.6. The van der Waals surface area contributed by atoms with Crippen molar-refractivity contribution in [1.29, 1.82) is 0 Å². The summed E-state index contributed by atoms with van der Waals surface area (Å²) in [5, 5.41) is 6.39. The van der Waals surface area contributed by atoms with Gasteiger partial charge >= 0.3 is 0 Å². The molecule has 0 fully saturated rings. The largest absolute Gasteiger partial charge is 0.456 e. The molecule has 0 aliphatic heterocycles. The number of rotatable bonds is 6. The van der Waals surface area contributed by atoms with Crippen LogP contribution in [0.3, 0.4) is 0 Å². The van der Waals surface area contributed by atoms with Crippen LogP contribution >= 0.6 is 0 Å². The van der Waals surface area contributed by atoms with E-state index in [1.165, 1.54) is 16.7 Å². The van der Waals surface area contributed by atoms with Crippen LogP contribution in [0.4, 0.5) is 0 Å². The van der Waals surface area contributed by atoms with Crippen molar-refractivity contribution in [3.63, 3.8) is 0 Å². The highest BCUT2D eigenvalue weighted by Gasteiger charge is 2.18. The Bertz CT molecular complexity index is 2660. The third kappa shape index (κ3) is 4.82. The van der Waals surface area contributed by atoms with Crippen LogP contribution in [-0.2, 0) is 19.3 Å². The molecular formula is C45H33N3O3. The summed E-state index contributed by atoms with van der Waals surface area (Å²) in [6.45, 7) is 6.50. The van der Waals surface area contributed by atoms with Crippen molar-refractivity contribution in [2.75, 3.05) is 0 Å². The minimum absolute atomic E-state index is 0.591. The summed E-state index contributed by atoms with van der Waals surface area (Å²) in [6.07, 6.45) is 2.86. The average molecular weight is 664 g/mol. The Kier molecular flexibility index (Phi) is 6.62. The summed E-state index contributed by atoms with van der Waals surface area (Å²) in [5.74, 6) is 1.77. The van der Waals surface area contributed by atoms with Gasteiger partial charge < -0.3 is 13.3 Å². The predicted octanol–water partition coefficient (Wildman–Crippen LogP) is 12.3. The fourth-order valence-electron chi connectivity index (χ4n) is 7.31. The van der Waals surface area contributed by atoms with Gasteiger partial charge in [-0.25, -0.2) is 15.0 Å². The molecule has 6 aromatic carbocycles. The first-order valence-corrected chi connectivity index (χ1v) is 17.7. The lowest BCUT2D eigenvalue weighted by molar-refractivity contribution is 0.668. The molecule has 6 nitrogen and oxygen atoms in total. The molecule has 0 radical (unpaired) electrons. The topological polar surface area (TPSA) is 78.1 Å². The van der Waals surface area contributed by atoms with E-state index < -0.39 is 0 Å². The molecule has 0 saturated heterocycles. The average Bonchev–Trinajstić information content (AvgIpc) is 3.86. The van der Waals surface area contributed by atoms with Gasteiger partial charge in [0.1, 0.15) is 33.5 Å². The third-order valence-corrected chi connectivity index (χ3v) is 10.2. The maximum Gasteiger partial charge on any atom is 0.164 e. The molecule has 51 heavy (non-hydrogen) atoms. The molecule has 0 amide bonds. The maximum atomic E-state index is 6.23. The van der Waals surface area contributed by atoms with Gasteiger partial charge in [0.05, 0.1) is 0 Å². The van der Waals surface area contributed by atoms with Crippen LogP contribution < -0.4 is 0 Å².